The molecule has 7 nitrogen and oxygen atoms in total. The van der Waals surface area contributed by atoms with E-state index in [0.717, 1.165) is 42.3 Å². The number of hydrogen-bond acceptors (Lipinski definition) is 6. The summed E-state index contributed by atoms with van der Waals surface area (Å²) in [6, 6.07) is 8.71. The first kappa shape index (κ1) is 19.6. The van der Waals surface area contributed by atoms with Crippen LogP contribution in [0.15, 0.2) is 24.3 Å². The second kappa shape index (κ2) is 8.07. The quantitative estimate of drug-likeness (QED) is 0.643. The molecule has 0 bridgehead atoms. The summed E-state index contributed by atoms with van der Waals surface area (Å²) >= 11 is 1.51. The van der Waals surface area contributed by atoms with Gasteiger partial charge in [-0.25, -0.2) is 4.98 Å². The molecule has 3 aromatic rings. The Morgan fingerprint density at radius 2 is 2.03 bits per heavy atom. The number of aromatic nitrogens is 4. The number of benzene rings is 1. The number of nitrogens with zero attached hydrogens (tertiary/aromatic N) is 5. The minimum absolute atomic E-state index is 0.00786. The molecule has 1 aromatic carbocycles. The lowest BCUT2D eigenvalue weighted by Gasteiger charge is -2.32. The van der Waals surface area contributed by atoms with E-state index >= 15 is 0 Å². The molecule has 2 aromatic heterocycles. The average molecular weight is 425 g/mol. The Morgan fingerprint density at radius 1 is 1.20 bits per heavy atom. The maximum absolute atomic E-state index is 12.6. The highest BCUT2D eigenvalue weighted by Gasteiger charge is 2.29. The number of imidazole rings is 1. The summed E-state index contributed by atoms with van der Waals surface area (Å²) in [5, 5.41) is 13.0. The number of carbonyl (C=O) groups excluding carboxylic acids is 1. The van der Waals surface area contributed by atoms with Gasteiger partial charge in [-0.1, -0.05) is 23.5 Å². The van der Waals surface area contributed by atoms with E-state index in [4.69, 9.17) is 4.98 Å². The number of carbonyl (C=O) groups is 1. The van der Waals surface area contributed by atoms with Crippen molar-refractivity contribution in [3.8, 4) is 0 Å². The molecule has 1 N–H and O–H groups in total. The number of para-hydroxylation sites is 2. The number of amides is 1. The van der Waals surface area contributed by atoms with Crippen molar-refractivity contribution in [3.05, 3.63) is 35.1 Å². The van der Waals surface area contributed by atoms with E-state index in [0.29, 0.717) is 29.6 Å². The lowest BCUT2D eigenvalue weighted by atomic mass is 9.97. The van der Waals surface area contributed by atoms with Crippen molar-refractivity contribution in [2.24, 2.45) is 0 Å². The van der Waals surface area contributed by atoms with Crippen LogP contribution in [0.4, 0.5) is 5.13 Å². The highest BCUT2D eigenvalue weighted by molar-refractivity contribution is 7.15. The normalized spacial score (nSPS) is 20.2. The van der Waals surface area contributed by atoms with Gasteiger partial charge < -0.3 is 4.57 Å². The smallest absolute Gasteiger partial charge is 0.240 e. The standard InChI is InChI=1S/C22H28N6OS/c1-14(2)28-18-8-4-3-7-17(18)23-20(28)16-6-5-11-27(12-16)13-19(29)24-22-26-25-21(30-22)15-9-10-15/h3-4,7-8,14-16H,5-6,9-13H2,1-2H3,(H,24,26,29). The SMILES string of the molecule is CC(C)n1c(C2CCCN(CC(=O)Nc3nnc(C4CC4)s3)C2)nc2ccccc21. The molecule has 1 amide bonds. The number of hydrogen-bond donors (Lipinski definition) is 1. The molecule has 0 radical (unpaired) electrons. The van der Waals surface area contributed by atoms with Crippen molar-refractivity contribution in [2.75, 3.05) is 25.0 Å². The number of nitrogens with one attached hydrogen (secondary N) is 1. The Bertz CT molecular complexity index is 1050. The molecule has 2 fully saturated rings. The molecule has 158 valence electrons. The van der Waals surface area contributed by atoms with Gasteiger partial charge in [0.15, 0.2) is 0 Å². The highest BCUT2D eigenvalue weighted by Crippen LogP contribution is 2.42. The predicted molar refractivity (Wildman–Crippen MR) is 119 cm³/mol. The van der Waals surface area contributed by atoms with Crippen LogP contribution < -0.4 is 5.32 Å². The summed E-state index contributed by atoms with van der Waals surface area (Å²) in [6.07, 6.45) is 4.57. The van der Waals surface area contributed by atoms with E-state index in [1.54, 1.807) is 0 Å². The van der Waals surface area contributed by atoms with E-state index in [2.05, 4.69) is 57.0 Å². The second-order valence-electron chi connectivity index (χ2n) is 8.76. The molecular weight excluding hydrogens is 396 g/mol. The van der Waals surface area contributed by atoms with E-state index in [-0.39, 0.29) is 5.91 Å². The van der Waals surface area contributed by atoms with Gasteiger partial charge in [0.25, 0.3) is 0 Å². The number of rotatable bonds is 6. The van der Waals surface area contributed by atoms with Crippen LogP contribution in [0.1, 0.15) is 68.2 Å². The van der Waals surface area contributed by atoms with E-state index in [1.807, 2.05) is 6.07 Å². The molecule has 1 unspecified atom stereocenters. The fourth-order valence-corrected chi connectivity index (χ4v) is 5.37. The Labute approximate surface area is 180 Å². The zero-order valence-corrected chi connectivity index (χ0v) is 18.4. The van der Waals surface area contributed by atoms with Crippen molar-refractivity contribution >= 4 is 33.4 Å². The lowest BCUT2D eigenvalue weighted by molar-refractivity contribution is -0.117. The Kier molecular flexibility index (Phi) is 5.28. The second-order valence-corrected chi connectivity index (χ2v) is 9.77. The Balaban J connectivity index is 1.27. The number of fused-ring (bicyclic) bond motifs is 1. The van der Waals surface area contributed by atoms with Gasteiger partial charge in [-0.15, -0.1) is 10.2 Å². The third-order valence-corrected chi connectivity index (χ3v) is 6.99. The van der Waals surface area contributed by atoms with Crippen LogP contribution in [-0.2, 0) is 4.79 Å². The summed E-state index contributed by atoms with van der Waals surface area (Å²) in [4.78, 5) is 19.8. The van der Waals surface area contributed by atoms with Crippen LogP contribution in [-0.4, -0.2) is 50.2 Å². The van der Waals surface area contributed by atoms with E-state index in [1.165, 1.54) is 29.7 Å². The van der Waals surface area contributed by atoms with E-state index < -0.39 is 0 Å². The van der Waals surface area contributed by atoms with Crippen LogP contribution in [0.2, 0.25) is 0 Å². The largest absolute Gasteiger partial charge is 0.325 e. The van der Waals surface area contributed by atoms with Gasteiger partial charge in [-0.2, -0.15) is 0 Å². The first-order chi connectivity index (χ1) is 14.6. The van der Waals surface area contributed by atoms with Crippen molar-refractivity contribution < 1.29 is 4.79 Å². The van der Waals surface area contributed by atoms with Crippen molar-refractivity contribution in [1.82, 2.24) is 24.6 Å². The molecule has 1 atom stereocenters. The number of likely N-dealkylation sites (tertiary alicyclic amines) is 1. The minimum atomic E-state index is -0.00786. The van der Waals surface area contributed by atoms with Gasteiger partial charge >= 0.3 is 0 Å². The highest BCUT2D eigenvalue weighted by atomic mass is 32.1. The van der Waals surface area contributed by atoms with Gasteiger partial charge in [-0.3, -0.25) is 15.0 Å². The zero-order valence-electron chi connectivity index (χ0n) is 17.5. The summed E-state index contributed by atoms with van der Waals surface area (Å²) in [5.41, 5.74) is 2.25. The summed E-state index contributed by atoms with van der Waals surface area (Å²) in [6.45, 7) is 6.60. The van der Waals surface area contributed by atoms with Crippen LogP contribution >= 0.6 is 11.3 Å². The predicted octanol–water partition coefficient (Wildman–Crippen LogP) is 4.16. The molecule has 1 saturated carbocycles. The molecular formula is C22H28N6OS. The maximum Gasteiger partial charge on any atom is 0.240 e. The molecule has 8 heteroatoms. The van der Waals surface area contributed by atoms with Gasteiger partial charge in [-0.05, 0) is 58.2 Å². The van der Waals surface area contributed by atoms with Gasteiger partial charge in [0, 0.05) is 24.4 Å². The molecule has 3 heterocycles. The summed E-state index contributed by atoms with van der Waals surface area (Å²) in [7, 11) is 0. The van der Waals surface area contributed by atoms with Gasteiger partial charge in [0.2, 0.25) is 11.0 Å². The van der Waals surface area contributed by atoms with Crippen molar-refractivity contribution in [2.45, 2.75) is 57.4 Å². The minimum Gasteiger partial charge on any atom is -0.325 e. The number of piperidine rings is 1. The zero-order chi connectivity index (χ0) is 20.7. The average Bonchev–Trinajstić information content (AvgIpc) is 3.34. The number of anilines is 1. The fourth-order valence-electron chi connectivity index (χ4n) is 4.45. The monoisotopic (exact) mass is 424 g/mol. The van der Waals surface area contributed by atoms with Crippen LogP contribution in [0.25, 0.3) is 11.0 Å². The maximum atomic E-state index is 12.6. The summed E-state index contributed by atoms with van der Waals surface area (Å²) in [5.74, 6) is 2.04. The van der Waals surface area contributed by atoms with E-state index in [9.17, 15) is 4.79 Å². The van der Waals surface area contributed by atoms with Crippen molar-refractivity contribution in [3.63, 3.8) is 0 Å². The fraction of sp³-hybridized carbons (Fsp3) is 0.545. The summed E-state index contributed by atoms with van der Waals surface area (Å²) < 4.78 is 2.37. The molecule has 2 aliphatic rings. The molecule has 1 aliphatic heterocycles. The Hall–Kier alpha value is -2.32. The Morgan fingerprint density at radius 3 is 2.83 bits per heavy atom. The molecule has 30 heavy (non-hydrogen) atoms. The first-order valence-electron chi connectivity index (χ1n) is 10.9. The molecule has 5 rings (SSSR count). The van der Waals surface area contributed by atoms with Gasteiger partial charge in [0.05, 0.1) is 17.6 Å². The molecule has 1 aliphatic carbocycles. The molecule has 1 saturated heterocycles. The van der Waals surface area contributed by atoms with Crippen molar-refractivity contribution in [1.29, 1.82) is 0 Å². The van der Waals surface area contributed by atoms with Crippen LogP contribution in [0.3, 0.4) is 0 Å². The third-order valence-electron chi connectivity index (χ3n) is 5.99. The van der Waals surface area contributed by atoms with Crippen LogP contribution in [0.5, 0.6) is 0 Å². The lowest BCUT2D eigenvalue weighted by Crippen LogP contribution is -2.40. The van der Waals surface area contributed by atoms with Gasteiger partial charge in [0.1, 0.15) is 10.8 Å². The molecule has 0 spiro atoms. The third kappa shape index (κ3) is 3.98. The first-order valence-corrected chi connectivity index (χ1v) is 11.7. The van der Waals surface area contributed by atoms with Crippen LogP contribution in [0, 0.1) is 0 Å². The topological polar surface area (TPSA) is 75.9 Å².